The lowest BCUT2D eigenvalue weighted by Crippen LogP contribution is -2.28. The zero-order valence-electron chi connectivity index (χ0n) is 7.07. The third-order valence-corrected chi connectivity index (χ3v) is 1.93. The van der Waals surface area contributed by atoms with Gasteiger partial charge in [-0.05, 0) is 13.3 Å². The fourth-order valence-electron chi connectivity index (χ4n) is 1.32. The van der Waals surface area contributed by atoms with E-state index in [2.05, 4.69) is 16.5 Å². The Balaban J connectivity index is 2.71. The lowest BCUT2D eigenvalue weighted by molar-refractivity contribution is 0.417. The van der Waals surface area contributed by atoms with Gasteiger partial charge in [-0.1, -0.05) is 6.92 Å². The molecule has 0 radical (unpaired) electrons. The third-order valence-electron chi connectivity index (χ3n) is 1.93. The summed E-state index contributed by atoms with van der Waals surface area (Å²) in [6.07, 6.45) is 6.61. The molecule has 0 bridgehead atoms. The molecule has 0 saturated heterocycles. The molecule has 0 aromatic carbocycles. The van der Waals surface area contributed by atoms with Gasteiger partial charge in [-0.25, -0.2) is 4.98 Å². The number of nitrogens with zero attached hydrogens (tertiary/aromatic N) is 2. The van der Waals surface area contributed by atoms with Gasteiger partial charge in [0.25, 0.3) is 0 Å². The van der Waals surface area contributed by atoms with Gasteiger partial charge in [0.05, 0.1) is 6.33 Å². The summed E-state index contributed by atoms with van der Waals surface area (Å²) in [5, 5.41) is 0. The van der Waals surface area contributed by atoms with Crippen LogP contribution in [0.2, 0.25) is 0 Å². The molecule has 62 valence electrons. The summed E-state index contributed by atoms with van der Waals surface area (Å²) in [7, 11) is 0. The van der Waals surface area contributed by atoms with Crippen LogP contribution in [0.5, 0.6) is 0 Å². The molecule has 1 rings (SSSR count). The SMILES string of the molecule is CCC(C(C)N)n1ccnc1. The maximum atomic E-state index is 5.79. The number of hydrogen-bond acceptors (Lipinski definition) is 2. The number of nitrogens with two attached hydrogens (primary N) is 1. The second-order valence-corrected chi connectivity index (χ2v) is 2.84. The number of imidazole rings is 1. The summed E-state index contributed by atoms with van der Waals surface area (Å²) in [5.74, 6) is 0. The van der Waals surface area contributed by atoms with Gasteiger partial charge in [-0.3, -0.25) is 0 Å². The summed E-state index contributed by atoms with van der Waals surface area (Å²) >= 11 is 0. The van der Waals surface area contributed by atoms with E-state index < -0.39 is 0 Å². The average Bonchev–Trinajstić information content (AvgIpc) is 2.40. The first-order valence-corrected chi connectivity index (χ1v) is 3.98. The van der Waals surface area contributed by atoms with Crippen molar-refractivity contribution in [1.29, 1.82) is 0 Å². The molecule has 3 heteroatoms. The van der Waals surface area contributed by atoms with Crippen LogP contribution in [-0.2, 0) is 0 Å². The van der Waals surface area contributed by atoms with Crippen LogP contribution < -0.4 is 5.73 Å². The van der Waals surface area contributed by atoms with Crippen LogP contribution >= 0.6 is 0 Å². The second-order valence-electron chi connectivity index (χ2n) is 2.84. The first-order valence-electron chi connectivity index (χ1n) is 3.98. The smallest absolute Gasteiger partial charge is 0.0949 e. The van der Waals surface area contributed by atoms with Gasteiger partial charge in [0.2, 0.25) is 0 Å². The molecule has 0 fully saturated rings. The van der Waals surface area contributed by atoms with Gasteiger partial charge in [-0.15, -0.1) is 0 Å². The first-order chi connectivity index (χ1) is 5.25. The molecule has 3 nitrogen and oxygen atoms in total. The summed E-state index contributed by atoms with van der Waals surface area (Å²) in [5.41, 5.74) is 5.79. The van der Waals surface area contributed by atoms with Crippen molar-refractivity contribution in [2.45, 2.75) is 32.4 Å². The highest BCUT2D eigenvalue weighted by atomic mass is 15.1. The Morgan fingerprint density at radius 3 is 2.73 bits per heavy atom. The summed E-state index contributed by atoms with van der Waals surface area (Å²) in [6.45, 7) is 4.15. The fraction of sp³-hybridized carbons (Fsp3) is 0.625. The van der Waals surface area contributed by atoms with E-state index in [1.54, 1.807) is 6.20 Å². The zero-order valence-corrected chi connectivity index (χ0v) is 7.07. The summed E-state index contributed by atoms with van der Waals surface area (Å²) in [6, 6.07) is 0.576. The van der Waals surface area contributed by atoms with Gasteiger partial charge < -0.3 is 10.3 Å². The Labute approximate surface area is 67.2 Å². The first kappa shape index (κ1) is 8.27. The molecule has 2 atom stereocenters. The van der Waals surface area contributed by atoms with E-state index in [0.717, 1.165) is 6.42 Å². The van der Waals surface area contributed by atoms with E-state index in [0.29, 0.717) is 6.04 Å². The molecule has 0 aliphatic rings. The topological polar surface area (TPSA) is 43.8 Å². The van der Waals surface area contributed by atoms with E-state index in [1.807, 2.05) is 19.4 Å². The highest BCUT2D eigenvalue weighted by Gasteiger charge is 2.11. The lowest BCUT2D eigenvalue weighted by Gasteiger charge is -2.19. The van der Waals surface area contributed by atoms with Crippen molar-refractivity contribution in [3.63, 3.8) is 0 Å². The quantitative estimate of drug-likeness (QED) is 0.708. The van der Waals surface area contributed by atoms with Crippen LogP contribution in [0.25, 0.3) is 0 Å². The molecule has 2 unspecified atom stereocenters. The maximum absolute atomic E-state index is 5.79. The Morgan fingerprint density at radius 2 is 2.36 bits per heavy atom. The molecule has 11 heavy (non-hydrogen) atoms. The Morgan fingerprint density at radius 1 is 1.64 bits per heavy atom. The molecular formula is C8H15N3. The normalized spacial score (nSPS) is 16.3. The molecule has 1 aromatic heterocycles. The molecule has 0 aliphatic heterocycles. The van der Waals surface area contributed by atoms with Crippen LogP contribution in [0.15, 0.2) is 18.7 Å². The van der Waals surface area contributed by atoms with Crippen LogP contribution in [-0.4, -0.2) is 15.6 Å². The van der Waals surface area contributed by atoms with E-state index >= 15 is 0 Å². The van der Waals surface area contributed by atoms with Crippen LogP contribution in [0, 0.1) is 0 Å². The van der Waals surface area contributed by atoms with Gasteiger partial charge in [-0.2, -0.15) is 0 Å². The third kappa shape index (κ3) is 1.80. The average molecular weight is 153 g/mol. The Kier molecular flexibility index (Phi) is 2.65. The van der Waals surface area contributed by atoms with E-state index in [9.17, 15) is 0 Å². The van der Waals surface area contributed by atoms with Crippen LogP contribution in [0.4, 0.5) is 0 Å². The van der Waals surface area contributed by atoms with Gasteiger partial charge >= 0.3 is 0 Å². The van der Waals surface area contributed by atoms with Crippen LogP contribution in [0.3, 0.4) is 0 Å². The molecule has 2 N–H and O–H groups in total. The lowest BCUT2D eigenvalue weighted by atomic mass is 10.1. The molecule has 1 heterocycles. The largest absolute Gasteiger partial charge is 0.333 e. The zero-order chi connectivity index (χ0) is 8.27. The van der Waals surface area contributed by atoms with Crippen molar-refractivity contribution in [1.82, 2.24) is 9.55 Å². The Bertz CT molecular complexity index is 191. The fourth-order valence-corrected chi connectivity index (χ4v) is 1.32. The molecule has 0 spiro atoms. The predicted octanol–water partition coefficient (Wildman–Crippen LogP) is 1.18. The molecular weight excluding hydrogens is 138 g/mol. The molecule has 1 aromatic rings. The molecule has 0 aliphatic carbocycles. The van der Waals surface area contributed by atoms with E-state index in [4.69, 9.17) is 5.73 Å². The standard InChI is InChI=1S/C8H15N3/c1-3-8(7(2)9)11-5-4-10-6-11/h4-8H,3,9H2,1-2H3. The van der Waals surface area contributed by atoms with Crippen LogP contribution in [0.1, 0.15) is 26.3 Å². The minimum atomic E-state index is 0.189. The number of hydrogen-bond donors (Lipinski definition) is 1. The van der Waals surface area contributed by atoms with Crippen molar-refractivity contribution in [2.75, 3.05) is 0 Å². The maximum Gasteiger partial charge on any atom is 0.0949 e. The predicted molar refractivity (Wildman–Crippen MR) is 45.2 cm³/mol. The summed E-state index contributed by atoms with van der Waals surface area (Å²) < 4.78 is 2.06. The van der Waals surface area contributed by atoms with Gasteiger partial charge in [0, 0.05) is 24.5 Å². The molecule has 0 saturated carbocycles. The highest BCUT2D eigenvalue weighted by Crippen LogP contribution is 2.12. The Hall–Kier alpha value is -0.830. The van der Waals surface area contributed by atoms with Gasteiger partial charge in [0.15, 0.2) is 0 Å². The van der Waals surface area contributed by atoms with Crippen molar-refractivity contribution >= 4 is 0 Å². The molecule has 0 amide bonds. The van der Waals surface area contributed by atoms with Crippen molar-refractivity contribution in [3.8, 4) is 0 Å². The van der Waals surface area contributed by atoms with Crippen molar-refractivity contribution < 1.29 is 0 Å². The second kappa shape index (κ2) is 3.53. The van der Waals surface area contributed by atoms with Crippen molar-refractivity contribution in [3.05, 3.63) is 18.7 Å². The van der Waals surface area contributed by atoms with E-state index in [-0.39, 0.29) is 6.04 Å². The monoisotopic (exact) mass is 153 g/mol. The highest BCUT2D eigenvalue weighted by molar-refractivity contribution is 4.83. The summed E-state index contributed by atoms with van der Waals surface area (Å²) in [4.78, 5) is 3.98. The number of rotatable bonds is 3. The number of aromatic nitrogens is 2. The van der Waals surface area contributed by atoms with E-state index in [1.165, 1.54) is 0 Å². The minimum absolute atomic E-state index is 0.189. The minimum Gasteiger partial charge on any atom is -0.333 e. The van der Waals surface area contributed by atoms with Crippen molar-refractivity contribution in [2.24, 2.45) is 5.73 Å². The van der Waals surface area contributed by atoms with Gasteiger partial charge in [0.1, 0.15) is 0 Å².